The Bertz CT molecular complexity index is 1520. The SMILES string of the molecule is COc1ccc(CCNC(=O)c2cccc(Nc3nc4ccccc4n4nnnc34)c2)cc1OC. The monoisotopic (exact) mass is 469 g/mol. The summed E-state index contributed by atoms with van der Waals surface area (Å²) >= 11 is 0. The summed E-state index contributed by atoms with van der Waals surface area (Å²) in [5.74, 6) is 1.66. The van der Waals surface area contributed by atoms with Gasteiger partial charge in [0.2, 0.25) is 5.65 Å². The lowest BCUT2D eigenvalue weighted by atomic mass is 10.1. The molecule has 10 nitrogen and oxygen atoms in total. The molecule has 0 radical (unpaired) electrons. The molecule has 5 rings (SSSR count). The zero-order valence-electron chi connectivity index (χ0n) is 19.2. The first-order chi connectivity index (χ1) is 17.2. The first kappa shape index (κ1) is 22.1. The van der Waals surface area contributed by atoms with Crippen LogP contribution < -0.4 is 20.1 Å². The molecule has 0 bridgehead atoms. The molecule has 1 amide bonds. The zero-order chi connectivity index (χ0) is 24.2. The summed E-state index contributed by atoms with van der Waals surface area (Å²) in [5.41, 5.74) is 4.31. The number of para-hydroxylation sites is 2. The van der Waals surface area contributed by atoms with Gasteiger partial charge in [-0.25, -0.2) is 4.98 Å². The largest absolute Gasteiger partial charge is 0.493 e. The van der Waals surface area contributed by atoms with E-state index in [0.29, 0.717) is 47.2 Å². The molecule has 0 atom stereocenters. The third kappa shape index (κ3) is 4.54. The van der Waals surface area contributed by atoms with E-state index in [1.807, 2.05) is 54.6 Å². The van der Waals surface area contributed by atoms with Crippen LogP contribution in [0.4, 0.5) is 11.5 Å². The second kappa shape index (κ2) is 9.64. The zero-order valence-corrected chi connectivity index (χ0v) is 19.2. The lowest BCUT2D eigenvalue weighted by molar-refractivity contribution is 0.0954. The number of methoxy groups -OCH3 is 2. The molecule has 176 valence electrons. The van der Waals surface area contributed by atoms with Crippen LogP contribution in [-0.4, -0.2) is 51.7 Å². The molecule has 0 aliphatic heterocycles. The number of ether oxygens (including phenoxy) is 2. The van der Waals surface area contributed by atoms with Crippen molar-refractivity contribution >= 4 is 34.1 Å². The molecule has 0 spiro atoms. The summed E-state index contributed by atoms with van der Waals surface area (Å²) < 4.78 is 12.2. The summed E-state index contributed by atoms with van der Waals surface area (Å²) in [6, 6.07) is 20.5. The molecule has 5 aromatic rings. The maximum atomic E-state index is 12.8. The second-order valence-electron chi connectivity index (χ2n) is 7.76. The fourth-order valence-electron chi connectivity index (χ4n) is 3.82. The van der Waals surface area contributed by atoms with E-state index in [4.69, 9.17) is 9.47 Å². The quantitative estimate of drug-likeness (QED) is 0.355. The molecule has 35 heavy (non-hydrogen) atoms. The van der Waals surface area contributed by atoms with Gasteiger partial charge in [-0.1, -0.05) is 24.3 Å². The Morgan fingerprint density at radius 1 is 0.971 bits per heavy atom. The van der Waals surface area contributed by atoms with Gasteiger partial charge in [-0.2, -0.15) is 4.52 Å². The van der Waals surface area contributed by atoms with Crippen LogP contribution in [0.5, 0.6) is 11.5 Å². The Hall–Kier alpha value is -4.73. The number of carbonyl (C=O) groups excluding carboxylic acids is 1. The van der Waals surface area contributed by atoms with E-state index < -0.39 is 0 Å². The predicted octanol–water partition coefficient (Wildman–Crippen LogP) is 3.41. The highest BCUT2D eigenvalue weighted by Gasteiger charge is 2.13. The molecular formula is C25H23N7O3. The maximum Gasteiger partial charge on any atom is 0.251 e. The molecule has 2 heterocycles. The minimum atomic E-state index is -0.171. The number of benzene rings is 3. The standard InChI is InChI=1S/C25H23N7O3/c1-34-21-11-10-16(14-22(21)35-2)12-13-26-25(33)17-6-5-7-18(15-17)27-23-24-29-30-31-32(24)20-9-4-3-8-19(20)28-23/h3-11,14-15H,12-13H2,1-2H3,(H,26,33)(H,27,28). The van der Waals surface area contributed by atoms with Crippen molar-refractivity contribution in [3.8, 4) is 11.5 Å². The van der Waals surface area contributed by atoms with Crippen LogP contribution in [0.2, 0.25) is 0 Å². The fraction of sp³-hybridized carbons (Fsp3) is 0.160. The van der Waals surface area contributed by atoms with Crippen LogP contribution in [0.25, 0.3) is 16.7 Å². The summed E-state index contributed by atoms with van der Waals surface area (Å²) in [7, 11) is 3.20. The van der Waals surface area contributed by atoms with Crippen LogP contribution in [0.15, 0.2) is 66.7 Å². The van der Waals surface area contributed by atoms with Crippen molar-refractivity contribution in [3.63, 3.8) is 0 Å². The molecule has 2 N–H and O–H groups in total. The van der Waals surface area contributed by atoms with Crippen LogP contribution >= 0.6 is 0 Å². The highest BCUT2D eigenvalue weighted by atomic mass is 16.5. The molecule has 0 saturated heterocycles. The summed E-state index contributed by atoms with van der Waals surface area (Å²) in [5, 5.41) is 18.2. The second-order valence-corrected chi connectivity index (χ2v) is 7.76. The average Bonchev–Trinajstić information content (AvgIpc) is 3.39. The maximum absolute atomic E-state index is 12.8. The number of carbonyl (C=O) groups is 1. The minimum Gasteiger partial charge on any atom is -0.493 e. The van der Waals surface area contributed by atoms with Crippen molar-refractivity contribution in [2.24, 2.45) is 0 Å². The topological polar surface area (TPSA) is 116 Å². The van der Waals surface area contributed by atoms with Gasteiger partial charge < -0.3 is 20.1 Å². The number of fused-ring (bicyclic) bond motifs is 3. The van der Waals surface area contributed by atoms with E-state index >= 15 is 0 Å². The molecule has 0 fully saturated rings. The predicted molar refractivity (Wildman–Crippen MR) is 131 cm³/mol. The van der Waals surface area contributed by atoms with E-state index in [-0.39, 0.29) is 5.91 Å². The Balaban J connectivity index is 1.28. The number of hydrogen-bond acceptors (Lipinski definition) is 8. The number of hydrogen-bond donors (Lipinski definition) is 2. The first-order valence-electron chi connectivity index (χ1n) is 11.0. The van der Waals surface area contributed by atoms with Crippen LogP contribution in [0.3, 0.4) is 0 Å². The van der Waals surface area contributed by atoms with Gasteiger partial charge in [-0.3, -0.25) is 4.79 Å². The lowest BCUT2D eigenvalue weighted by Gasteiger charge is -2.11. The summed E-state index contributed by atoms with van der Waals surface area (Å²) in [6.45, 7) is 0.476. The van der Waals surface area contributed by atoms with Crippen LogP contribution in [0.1, 0.15) is 15.9 Å². The summed E-state index contributed by atoms with van der Waals surface area (Å²) in [4.78, 5) is 17.4. The molecule has 0 saturated carbocycles. The normalized spacial score (nSPS) is 10.9. The highest BCUT2D eigenvalue weighted by molar-refractivity contribution is 5.95. The van der Waals surface area contributed by atoms with Crippen molar-refractivity contribution in [2.75, 3.05) is 26.1 Å². The number of amides is 1. The van der Waals surface area contributed by atoms with Gasteiger partial charge in [0.15, 0.2) is 17.3 Å². The average molecular weight is 470 g/mol. The number of rotatable bonds is 8. The third-order valence-corrected chi connectivity index (χ3v) is 5.56. The fourth-order valence-corrected chi connectivity index (χ4v) is 3.82. The van der Waals surface area contributed by atoms with Crippen LogP contribution in [0, 0.1) is 0 Å². The Morgan fingerprint density at radius 3 is 2.69 bits per heavy atom. The molecule has 0 aliphatic rings. The van der Waals surface area contributed by atoms with Gasteiger partial charge in [0.05, 0.1) is 25.3 Å². The number of nitrogens with zero attached hydrogens (tertiary/aromatic N) is 5. The molecule has 10 heteroatoms. The van der Waals surface area contributed by atoms with E-state index in [2.05, 4.69) is 31.1 Å². The number of nitrogens with one attached hydrogen (secondary N) is 2. The Morgan fingerprint density at radius 2 is 1.83 bits per heavy atom. The summed E-state index contributed by atoms with van der Waals surface area (Å²) in [6.07, 6.45) is 0.656. The van der Waals surface area contributed by atoms with E-state index in [9.17, 15) is 4.79 Å². The highest BCUT2D eigenvalue weighted by Crippen LogP contribution is 2.27. The first-order valence-corrected chi connectivity index (χ1v) is 11.0. The van der Waals surface area contributed by atoms with Crippen LogP contribution in [-0.2, 0) is 6.42 Å². The molecule has 0 aliphatic carbocycles. The molecular weight excluding hydrogens is 446 g/mol. The van der Waals surface area contributed by atoms with Crippen molar-refractivity contribution in [2.45, 2.75) is 6.42 Å². The minimum absolute atomic E-state index is 0.171. The van der Waals surface area contributed by atoms with Crippen molar-refractivity contribution < 1.29 is 14.3 Å². The molecule has 0 unspecified atom stereocenters. The van der Waals surface area contributed by atoms with Gasteiger partial charge in [0.25, 0.3) is 5.91 Å². The van der Waals surface area contributed by atoms with Gasteiger partial charge in [-0.15, -0.1) is 5.10 Å². The molecule has 3 aromatic carbocycles. The van der Waals surface area contributed by atoms with Gasteiger partial charge >= 0.3 is 0 Å². The van der Waals surface area contributed by atoms with Crippen molar-refractivity contribution in [3.05, 3.63) is 77.9 Å². The smallest absolute Gasteiger partial charge is 0.251 e. The third-order valence-electron chi connectivity index (χ3n) is 5.56. The van der Waals surface area contributed by atoms with E-state index in [0.717, 1.165) is 16.6 Å². The van der Waals surface area contributed by atoms with Gasteiger partial charge in [0, 0.05) is 17.8 Å². The Labute approximate surface area is 200 Å². The van der Waals surface area contributed by atoms with E-state index in [1.54, 1.807) is 30.9 Å². The number of tetrazole rings is 1. The van der Waals surface area contributed by atoms with Crippen molar-refractivity contribution in [1.29, 1.82) is 0 Å². The van der Waals surface area contributed by atoms with Crippen molar-refractivity contribution in [1.82, 2.24) is 30.3 Å². The van der Waals surface area contributed by atoms with Gasteiger partial charge in [0.1, 0.15) is 0 Å². The molecule has 2 aromatic heterocycles. The Kier molecular flexibility index (Phi) is 6.08. The van der Waals surface area contributed by atoms with E-state index in [1.165, 1.54) is 0 Å². The lowest BCUT2D eigenvalue weighted by Crippen LogP contribution is -2.25. The number of anilines is 2. The number of aromatic nitrogens is 5. The van der Waals surface area contributed by atoms with Gasteiger partial charge in [-0.05, 0) is 64.9 Å².